The van der Waals surface area contributed by atoms with Crippen molar-refractivity contribution < 1.29 is 9.53 Å². The first kappa shape index (κ1) is 12.4. The van der Waals surface area contributed by atoms with Crippen LogP contribution in [0.1, 0.15) is 12.0 Å². The summed E-state index contributed by atoms with van der Waals surface area (Å²) in [6.45, 7) is 0. The standard InChI is InChI=1S/C13H13N5O2/c14-18-11-6-15-7-13(17-11)20-9-2-3-10-8(5-9)1-4-12(19)16-10/h2-3,5-7H,1,4,14H2,(H,16,19)(H,17,18). The van der Waals surface area contributed by atoms with E-state index in [1.807, 2.05) is 12.1 Å². The molecule has 7 heteroatoms. The lowest BCUT2D eigenvalue weighted by atomic mass is 10.0. The molecule has 0 radical (unpaired) electrons. The number of nitrogens with zero attached hydrogens (tertiary/aromatic N) is 2. The largest absolute Gasteiger partial charge is 0.437 e. The number of hydrogen-bond donors (Lipinski definition) is 3. The Morgan fingerprint density at radius 3 is 3.05 bits per heavy atom. The fraction of sp³-hybridized carbons (Fsp3) is 0.154. The summed E-state index contributed by atoms with van der Waals surface area (Å²) in [6, 6.07) is 5.48. The van der Waals surface area contributed by atoms with Crippen molar-refractivity contribution >= 4 is 17.4 Å². The summed E-state index contributed by atoms with van der Waals surface area (Å²) in [5.74, 6) is 6.72. The first-order chi connectivity index (χ1) is 9.74. The Balaban J connectivity index is 1.82. The molecule has 2 heterocycles. The average molecular weight is 271 g/mol. The highest BCUT2D eigenvalue weighted by Gasteiger charge is 2.15. The highest BCUT2D eigenvalue weighted by Crippen LogP contribution is 2.28. The number of hydrogen-bond acceptors (Lipinski definition) is 6. The lowest BCUT2D eigenvalue weighted by Crippen LogP contribution is -2.18. The summed E-state index contributed by atoms with van der Waals surface area (Å²) in [6.07, 6.45) is 4.19. The van der Waals surface area contributed by atoms with Crippen LogP contribution in [0.2, 0.25) is 0 Å². The molecule has 0 atom stereocenters. The molecule has 1 aliphatic heterocycles. The Hall–Kier alpha value is -2.67. The molecule has 1 aromatic heterocycles. The fourth-order valence-corrected chi connectivity index (χ4v) is 2.01. The monoisotopic (exact) mass is 271 g/mol. The number of carbonyl (C=O) groups is 1. The van der Waals surface area contributed by atoms with Crippen molar-refractivity contribution in [2.45, 2.75) is 12.8 Å². The zero-order valence-electron chi connectivity index (χ0n) is 10.6. The molecule has 20 heavy (non-hydrogen) atoms. The minimum absolute atomic E-state index is 0.0405. The van der Waals surface area contributed by atoms with E-state index in [1.165, 1.54) is 12.4 Å². The van der Waals surface area contributed by atoms with E-state index in [9.17, 15) is 4.79 Å². The van der Waals surface area contributed by atoms with Crippen LogP contribution in [0, 0.1) is 0 Å². The van der Waals surface area contributed by atoms with Crippen molar-refractivity contribution in [3.8, 4) is 11.6 Å². The molecule has 7 nitrogen and oxygen atoms in total. The molecule has 0 saturated heterocycles. The molecule has 0 fully saturated rings. The number of aromatic nitrogens is 2. The maximum atomic E-state index is 11.3. The van der Waals surface area contributed by atoms with Gasteiger partial charge in [0.15, 0.2) is 5.82 Å². The Morgan fingerprint density at radius 1 is 1.30 bits per heavy atom. The van der Waals surface area contributed by atoms with E-state index in [0.717, 1.165) is 11.3 Å². The van der Waals surface area contributed by atoms with E-state index in [2.05, 4.69) is 20.7 Å². The second-order valence-corrected chi connectivity index (χ2v) is 4.36. The van der Waals surface area contributed by atoms with E-state index < -0.39 is 0 Å². The molecule has 3 rings (SSSR count). The number of aryl methyl sites for hydroxylation is 1. The van der Waals surface area contributed by atoms with Gasteiger partial charge >= 0.3 is 0 Å². The van der Waals surface area contributed by atoms with Crippen LogP contribution >= 0.6 is 0 Å². The van der Waals surface area contributed by atoms with Crippen LogP contribution in [-0.2, 0) is 11.2 Å². The Labute approximate surface area is 115 Å². The molecule has 0 saturated carbocycles. The smallest absolute Gasteiger partial charge is 0.239 e. The third-order valence-electron chi connectivity index (χ3n) is 2.95. The summed E-state index contributed by atoms with van der Waals surface area (Å²) >= 11 is 0. The maximum absolute atomic E-state index is 11.3. The van der Waals surface area contributed by atoms with Crippen LogP contribution in [-0.4, -0.2) is 15.9 Å². The Bertz CT molecular complexity index is 659. The van der Waals surface area contributed by atoms with Crippen molar-refractivity contribution in [2.75, 3.05) is 10.7 Å². The molecular formula is C13H13N5O2. The summed E-state index contributed by atoms with van der Waals surface area (Å²) in [4.78, 5) is 19.4. The van der Waals surface area contributed by atoms with Crippen LogP contribution in [0.3, 0.4) is 0 Å². The van der Waals surface area contributed by atoms with Gasteiger partial charge in [-0.1, -0.05) is 0 Å². The van der Waals surface area contributed by atoms with E-state index >= 15 is 0 Å². The number of rotatable bonds is 3. The fourth-order valence-electron chi connectivity index (χ4n) is 2.01. The molecule has 102 valence electrons. The minimum Gasteiger partial charge on any atom is -0.437 e. The SMILES string of the molecule is NNc1cncc(Oc2ccc3c(c2)CCC(=O)N3)n1. The quantitative estimate of drug-likeness (QED) is 0.576. The van der Waals surface area contributed by atoms with Crippen LogP contribution < -0.4 is 21.3 Å². The first-order valence-electron chi connectivity index (χ1n) is 6.14. The Kier molecular flexibility index (Phi) is 3.18. The van der Waals surface area contributed by atoms with Gasteiger partial charge in [-0.2, -0.15) is 4.98 Å². The summed E-state index contributed by atoms with van der Waals surface area (Å²) in [5.41, 5.74) is 4.28. The van der Waals surface area contributed by atoms with Crippen LogP contribution in [0.25, 0.3) is 0 Å². The van der Waals surface area contributed by atoms with E-state index in [0.29, 0.717) is 30.3 Å². The molecule has 4 N–H and O–H groups in total. The lowest BCUT2D eigenvalue weighted by Gasteiger charge is -2.17. The number of amides is 1. The van der Waals surface area contributed by atoms with Gasteiger partial charge in [-0.05, 0) is 30.2 Å². The van der Waals surface area contributed by atoms with Gasteiger partial charge in [0.25, 0.3) is 0 Å². The lowest BCUT2D eigenvalue weighted by molar-refractivity contribution is -0.116. The van der Waals surface area contributed by atoms with Gasteiger partial charge in [0.2, 0.25) is 11.8 Å². The molecule has 0 spiro atoms. The summed E-state index contributed by atoms with van der Waals surface area (Å²) in [5, 5.41) is 2.82. The zero-order chi connectivity index (χ0) is 13.9. The van der Waals surface area contributed by atoms with E-state index in [4.69, 9.17) is 10.6 Å². The second kappa shape index (κ2) is 5.14. The van der Waals surface area contributed by atoms with Crippen molar-refractivity contribution in [2.24, 2.45) is 5.84 Å². The number of carbonyl (C=O) groups excluding carboxylic acids is 1. The molecule has 2 aromatic rings. The summed E-state index contributed by atoms with van der Waals surface area (Å²) in [7, 11) is 0. The molecule has 0 bridgehead atoms. The highest BCUT2D eigenvalue weighted by atomic mass is 16.5. The number of benzene rings is 1. The number of nitrogens with two attached hydrogens (primary N) is 1. The molecule has 1 aliphatic rings. The third-order valence-corrected chi connectivity index (χ3v) is 2.95. The molecule has 0 unspecified atom stereocenters. The van der Waals surface area contributed by atoms with Gasteiger partial charge in [0.1, 0.15) is 5.75 Å². The number of anilines is 2. The maximum Gasteiger partial charge on any atom is 0.239 e. The van der Waals surface area contributed by atoms with Gasteiger partial charge in [-0.25, -0.2) is 5.84 Å². The van der Waals surface area contributed by atoms with Crippen molar-refractivity contribution in [1.82, 2.24) is 9.97 Å². The van der Waals surface area contributed by atoms with Crippen molar-refractivity contribution in [1.29, 1.82) is 0 Å². The normalized spacial score (nSPS) is 13.3. The van der Waals surface area contributed by atoms with Crippen LogP contribution in [0.5, 0.6) is 11.6 Å². The van der Waals surface area contributed by atoms with Gasteiger partial charge < -0.3 is 15.5 Å². The van der Waals surface area contributed by atoms with Gasteiger partial charge in [0.05, 0.1) is 12.4 Å². The Morgan fingerprint density at radius 2 is 2.20 bits per heavy atom. The number of ether oxygens (including phenoxy) is 1. The number of nitrogens with one attached hydrogen (secondary N) is 2. The average Bonchev–Trinajstić information content (AvgIpc) is 2.47. The summed E-state index contributed by atoms with van der Waals surface area (Å²) < 4.78 is 5.63. The highest BCUT2D eigenvalue weighted by molar-refractivity contribution is 5.94. The van der Waals surface area contributed by atoms with Crippen LogP contribution in [0.4, 0.5) is 11.5 Å². The predicted molar refractivity (Wildman–Crippen MR) is 73.3 cm³/mol. The van der Waals surface area contributed by atoms with Crippen molar-refractivity contribution in [3.05, 3.63) is 36.2 Å². The predicted octanol–water partition coefficient (Wildman–Crippen LogP) is 1.44. The second-order valence-electron chi connectivity index (χ2n) is 4.36. The third kappa shape index (κ3) is 2.52. The van der Waals surface area contributed by atoms with E-state index in [1.54, 1.807) is 6.07 Å². The topological polar surface area (TPSA) is 102 Å². The van der Waals surface area contributed by atoms with E-state index in [-0.39, 0.29) is 5.91 Å². The van der Waals surface area contributed by atoms with Crippen LogP contribution in [0.15, 0.2) is 30.6 Å². The number of fused-ring (bicyclic) bond motifs is 1. The van der Waals surface area contributed by atoms with Gasteiger partial charge in [-0.3, -0.25) is 9.78 Å². The first-order valence-corrected chi connectivity index (χ1v) is 6.14. The number of hydrazine groups is 1. The molecule has 1 aromatic carbocycles. The molecule has 0 aliphatic carbocycles. The zero-order valence-corrected chi connectivity index (χ0v) is 10.6. The molecular weight excluding hydrogens is 258 g/mol. The van der Waals surface area contributed by atoms with Gasteiger partial charge in [0, 0.05) is 12.1 Å². The van der Waals surface area contributed by atoms with Crippen molar-refractivity contribution in [3.63, 3.8) is 0 Å². The number of nitrogen functional groups attached to an aromatic ring is 1. The minimum atomic E-state index is 0.0405. The van der Waals surface area contributed by atoms with Gasteiger partial charge in [-0.15, -0.1) is 0 Å². The molecule has 1 amide bonds.